The minimum absolute atomic E-state index is 0.0673. The quantitative estimate of drug-likeness (QED) is 0.451. The van der Waals surface area contributed by atoms with Crippen molar-refractivity contribution in [1.29, 1.82) is 0 Å². The number of esters is 2. The van der Waals surface area contributed by atoms with Crippen molar-refractivity contribution in [2.75, 3.05) is 6.61 Å². The van der Waals surface area contributed by atoms with Crippen molar-refractivity contribution < 1.29 is 29.3 Å². The fourth-order valence-corrected chi connectivity index (χ4v) is 4.16. The minimum Gasteiger partial charge on any atom is -0.458 e. The molecule has 1 aliphatic heterocycles. The molecule has 1 saturated heterocycles. The Balaban J connectivity index is 1.96. The Morgan fingerprint density at radius 2 is 1.96 bits per heavy atom. The molecule has 0 aromatic heterocycles. The van der Waals surface area contributed by atoms with Crippen molar-refractivity contribution in [3.8, 4) is 0 Å². The first-order chi connectivity index (χ1) is 11.8. The van der Waals surface area contributed by atoms with Gasteiger partial charge in [0.05, 0.1) is 24.2 Å². The summed E-state index contributed by atoms with van der Waals surface area (Å²) < 4.78 is 11.0. The second-order valence-electron chi connectivity index (χ2n) is 6.95. The van der Waals surface area contributed by atoms with Crippen molar-refractivity contribution >= 4 is 11.9 Å². The van der Waals surface area contributed by atoms with E-state index in [1.54, 1.807) is 0 Å². The fourth-order valence-electron chi connectivity index (χ4n) is 4.16. The van der Waals surface area contributed by atoms with E-state index in [0.29, 0.717) is 18.4 Å². The number of carbonyl (C=O) groups excluding carboxylic acids is 2. The molecular weight excluding hydrogens is 324 g/mol. The van der Waals surface area contributed by atoms with E-state index in [0.717, 1.165) is 5.57 Å². The first-order valence-electron chi connectivity index (χ1n) is 8.20. The van der Waals surface area contributed by atoms with E-state index < -0.39 is 42.8 Å². The molecule has 1 heterocycles. The third-order valence-electron chi connectivity index (χ3n) is 5.51. The predicted octanol–water partition coefficient (Wildman–Crippen LogP) is 1.06. The Hall–Kier alpha value is -2.18. The van der Waals surface area contributed by atoms with Gasteiger partial charge >= 0.3 is 11.9 Å². The summed E-state index contributed by atoms with van der Waals surface area (Å²) in [5, 5.41) is 19.2. The summed E-state index contributed by atoms with van der Waals surface area (Å²) in [4.78, 5) is 24.2. The van der Waals surface area contributed by atoms with Gasteiger partial charge in [-0.3, -0.25) is 0 Å². The van der Waals surface area contributed by atoms with Crippen LogP contribution in [0.4, 0.5) is 0 Å². The summed E-state index contributed by atoms with van der Waals surface area (Å²) in [5.74, 6) is -2.18. The molecule has 3 fully saturated rings. The highest BCUT2D eigenvalue weighted by Crippen LogP contribution is 2.52. The molecule has 0 aromatic rings. The zero-order valence-corrected chi connectivity index (χ0v) is 13.9. The zero-order chi connectivity index (χ0) is 18.5. The Morgan fingerprint density at radius 1 is 1.28 bits per heavy atom. The summed E-state index contributed by atoms with van der Waals surface area (Å²) in [6.07, 6.45) is -1.19. The molecule has 2 N–H and O–H groups in total. The maximum atomic E-state index is 12.1. The standard InChI is InChI=1S/C19H22O6/c1-8-5-14(24-18(22)9(2)7-20)16-11(4)19(23)25-17(16)15-10(3)13(21)6-12(8)15/h12-17,20-21H,1-7H2/t12-,13-,14-,15-,16+,17+/m0/s1. The van der Waals surface area contributed by atoms with Crippen LogP contribution in [0, 0.1) is 17.8 Å². The largest absolute Gasteiger partial charge is 0.458 e. The Kier molecular flexibility index (Phi) is 4.43. The molecule has 0 amide bonds. The molecule has 2 saturated carbocycles. The third kappa shape index (κ3) is 2.75. The summed E-state index contributed by atoms with van der Waals surface area (Å²) in [5.41, 5.74) is 1.59. The van der Waals surface area contributed by atoms with Crippen LogP contribution in [0.3, 0.4) is 0 Å². The van der Waals surface area contributed by atoms with Gasteiger partial charge in [-0.1, -0.05) is 31.9 Å². The number of ether oxygens (including phenoxy) is 2. The molecule has 6 nitrogen and oxygen atoms in total. The summed E-state index contributed by atoms with van der Waals surface area (Å²) in [6.45, 7) is 14.8. The van der Waals surface area contributed by atoms with Gasteiger partial charge in [0.2, 0.25) is 0 Å². The lowest BCUT2D eigenvalue weighted by atomic mass is 9.81. The van der Waals surface area contributed by atoms with Crippen molar-refractivity contribution in [3.05, 3.63) is 48.6 Å². The number of aliphatic hydroxyl groups excluding tert-OH is 2. The van der Waals surface area contributed by atoms with Gasteiger partial charge in [0.25, 0.3) is 0 Å². The number of rotatable bonds is 3. The van der Waals surface area contributed by atoms with Gasteiger partial charge in [-0.15, -0.1) is 0 Å². The number of hydrogen-bond acceptors (Lipinski definition) is 6. The lowest BCUT2D eigenvalue weighted by Crippen LogP contribution is -2.36. The van der Waals surface area contributed by atoms with Crippen molar-refractivity contribution in [2.24, 2.45) is 17.8 Å². The van der Waals surface area contributed by atoms with Crippen LogP contribution in [0.5, 0.6) is 0 Å². The van der Waals surface area contributed by atoms with Gasteiger partial charge in [0.15, 0.2) is 0 Å². The van der Waals surface area contributed by atoms with E-state index in [4.69, 9.17) is 14.6 Å². The smallest absolute Gasteiger partial charge is 0.336 e. The minimum atomic E-state index is -0.725. The molecule has 3 rings (SSSR count). The van der Waals surface area contributed by atoms with E-state index in [2.05, 4.69) is 26.3 Å². The highest BCUT2D eigenvalue weighted by atomic mass is 16.6. The Bertz CT molecular complexity index is 690. The first kappa shape index (κ1) is 17.6. The molecule has 6 atom stereocenters. The molecule has 3 aliphatic rings. The maximum absolute atomic E-state index is 12.1. The van der Waals surface area contributed by atoms with Gasteiger partial charge in [-0.2, -0.15) is 0 Å². The molecule has 134 valence electrons. The van der Waals surface area contributed by atoms with Crippen LogP contribution in [-0.2, 0) is 19.1 Å². The molecule has 0 unspecified atom stereocenters. The third-order valence-corrected chi connectivity index (χ3v) is 5.51. The topological polar surface area (TPSA) is 93.1 Å². The second-order valence-corrected chi connectivity index (χ2v) is 6.95. The van der Waals surface area contributed by atoms with E-state index >= 15 is 0 Å². The average molecular weight is 346 g/mol. The Labute approximate surface area is 146 Å². The van der Waals surface area contributed by atoms with Crippen molar-refractivity contribution in [1.82, 2.24) is 0 Å². The summed E-state index contributed by atoms with van der Waals surface area (Å²) >= 11 is 0. The number of hydrogen-bond donors (Lipinski definition) is 2. The number of fused-ring (bicyclic) bond motifs is 3. The van der Waals surface area contributed by atoms with Crippen LogP contribution in [0.2, 0.25) is 0 Å². The van der Waals surface area contributed by atoms with Gasteiger partial charge in [0.1, 0.15) is 12.2 Å². The van der Waals surface area contributed by atoms with Crippen molar-refractivity contribution in [2.45, 2.75) is 31.2 Å². The van der Waals surface area contributed by atoms with Crippen LogP contribution in [-0.4, -0.2) is 47.1 Å². The van der Waals surface area contributed by atoms with Crippen LogP contribution < -0.4 is 0 Å². The Morgan fingerprint density at radius 3 is 2.60 bits per heavy atom. The maximum Gasteiger partial charge on any atom is 0.336 e. The lowest BCUT2D eigenvalue weighted by molar-refractivity contribution is -0.148. The lowest BCUT2D eigenvalue weighted by Gasteiger charge is -2.28. The average Bonchev–Trinajstić information content (AvgIpc) is 2.99. The van der Waals surface area contributed by atoms with E-state index in [-0.39, 0.29) is 23.0 Å². The predicted molar refractivity (Wildman–Crippen MR) is 89.1 cm³/mol. The molecule has 2 aliphatic carbocycles. The normalized spacial score (nSPS) is 37.2. The van der Waals surface area contributed by atoms with Crippen LogP contribution in [0.15, 0.2) is 48.6 Å². The molecular formula is C19H22O6. The second kappa shape index (κ2) is 6.28. The van der Waals surface area contributed by atoms with Crippen LogP contribution in [0.1, 0.15) is 12.8 Å². The highest BCUT2D eigenvalue weighted by Gasteiger charge is 2.56. The monoisotopic (exact) mass is 346 g/mol. The molecule has 6 heteroatoms. The van der Waals surface area contributed by atoms with Gasteiger partial charge in [0, 0.05) is 17.9 Å². The summed E-state index contributed by atoms with van der Waals surface area (Å²) in [7, 11) is 0. The number of aliphatic hydroxyl groups is 2. The van der Waals surface area contributed by atoms with Crippen molar-refractivity contribution in [3.63, 3.8) is 0 Å². The summed E-state index contributed by atoms with van der Waals surface area (Å²) in [6, 6.07) is 0. The molecule has 25 heavy (non-hydrogen) atoms. The van der Waals surface area contributed by atoms with Gasteiger partial charge < -0.3 is 19.7 Å². The van der Waals surface area contributed by atoms with E-state index in [1.807, 2.05) is 0 Å². The van der Waals surface area contributed by atoms with Crippen LogP contribution >= 0.6 is 0 Å². The molecule has 0 spiro atoms. The zero-order valence-electron chi connectivity index (χ0n) is 13.9. The number of carbonyl (C=O) groups is 2. The fraction of sp³-hybridized carbons (Fsp3) is 0.474. The molecule has 0 radical (unpaired) electrons. The van der Waals surface area contributed by atoms with Crippen LogP contribution in [0.25, 0.3) is 0 Å². The van der Waals surface area contributed by atoms with E-state index in [1.165, 1.54) is 0 Å². The molecule has 0 bridgehead atoms. The van der Waals surface area contributed by atoms with Gasteiger partial charge in [-0.25, -0.2) is 9.59 Å². The highest BCUT2D eigenvalue weighted by molar-refractivity contribution is 5.92. The molecule has 0 aromatic carbocycles. The van der Waals surface area contributed by atoms with Gasteiger partial charge in [-0.05, 0) is 17.9 Å². The van der Waals surface area contributed by atoms with E-state index in [9.17, 15) is 14.7 Å². The first-order valence-corrected chi connectivity index (χ1v) is 8.20. The SMILES string of the molecule is C=C(CO)C(=O)O[C@H]1CC(=C)[C@@H]2C[C@H](O)C(=C)[C@@H]2[C@H]2OC(=O)C(=C)[C@@H]21.